The maximum Gasteiger partial charge on any atom is 0.282 e. The Bertz CT molecular complexity index is 790. The summed E-state index contributed by atoms with van der Waals surface area (Å²) in [6.07, 6.45) is 1.86. The minimum Gasteiger partial charge on any atom is -0.348 e. The van der Waals surface area contributed by atoms with Crippen LogP contribution < -0.4 is 5.32 Å². The fourth-order valence-corrected chi connectivity index (χ4v) is 3.17. The molecular weight excluding hydrogens is 362 g/mol. The van der Waals surface area contributed by atoms with Gasteiger partial charge in [0.2, 0.25) is 0 Å². The molecule has 0 aliphatic rings. The number of carbonyl (C=O) groups is 1. The third-order valence-corrected chi connectivity index (χ3v) is 5.15. The van der Waals surface area contributed by atoms with E-state index in [1.54, 1.807) is 12.1 Å². The predicted molar refractivity (Wildman–Crippen MR) is 109 cm³/mol. The molecule has 0 atom stereocenters. The van der Waals surface area contributed by atoms with Gasteiger partial charge in [0.25, 0.3) is 11.6 Å². The summed E-state index contributed by atoms with van der Waals surface area (Å²) in [6, 6.07) is 12.6. The number of rotatable bonds is 9. The lowest BCUT2D eigenvalue weighted by atomic mass is 10.1. The second-order valence-electron chi connectivity index (χ2n) is 6.10. The Balaban J connectivity index is 2.04. The highest BCUT2D eigenvalue weighted by molar-refractivity contribution is 7.98. The van der Waals surface area contributed by atoms with E-state index >= 15 is 0 Å². The molecule has 0 unspecified atom stereocenters. The van der Waals surface area contributed by atoms with E-state index in [0.29, 0.717) is 6.54 Å². The molecule has 0 radical (unpaired) electrons. The number of nitro groups is 1. The number of hydrogen-bond donors (Lipinski definition) is 1. The lowest BCUT2D eigenvalue weighted by molar-refractivity contribution is -0.385. The quantitative estimate of drug-likeness (QED) is 0.398. The second kappa shape index (κ2) is 10.1. The lowest BCUT2D eigenvalue weighted by Gasteiger charge is -2.18. The van der Waals surface area contributed by atoms with Gasteiger partial charge in [0.1, 0.15) is 5.56 Å². The van der Waals surface area contributed by atoms with Crippen LogP contribution in [0.15, 0.2) is 47.4 Å². The van der Waals surface area contributed by atoms with Gasteiger partial charge >= 0.3 is 0 Å². The molecule has 0 fully saturated rings. The van der Waals surface area contributed by atoms with Crippen LogP contribution in [-0.2, 0) is 13.1 Å². The molecule has 0 saturated heterocycles. The molecule has 0 aromatic heterocycles. The van der Waals surface area contributed by atoms with Crippen LogP contribution in [0.1, 0.15) is 35.3 Å². The van der Waals surface area contributed by atoms with Crippen LogP contribution in [0.4, 0.5) is 5.69 Å². The van der Waals surface area contributed by atoms with Crippen molar-refractivity contribution in [1.29, 1.82) is 0 Å². The number of thioether (sulfide) groups is 1. The summed E-state index contributed by atoms with van der Waals surface area (Å²) < 4.78 is 0. The number of amides is 1. The molecule has 2 aromatic rings. The van der Waals surface area contributed by atoms with Crippen molar-refractivity contribution in [2.24, 2.45) is 0 Å². The average molecular weight is 388 g/mol. The molecular formula is C20H25N3O3S. The molecule has 0 bridgehead atoms. The van der Waals surface area contributed by atoms with E-state index in [1.165, 1.54) is 23.4 Å². The van der Waals surface area contributed by atoms with E-state index in [9.17, 15) is 14.9 Å². The number of benzene rings is 2. The maximum atomic E-state index is 12.5. The number of hydrogen-bond acceptors (Lipinski definition) is 5. The highest BCUT2D eigenvalue weighted by atomic mass is 32.2. The monoisotopic (exact) mass is 387 g/mol. The largest absolute Gasteiger partial charge is 0.348 e. The van der Waals surface area contributed by atoms with Crippen molar-refractivity contribution in [3.8, 4) is 0 Å². The fraction of sp³-hybridized carbons (Fsp3) is 0.350. The lowest BCUT2D eigenvalue weighted by Crippen LogP contribution is -2.24. The van der Waals surface area contributed by atoms with Crippen molar-refractivity contribution in [3.63, 3.8) is 0 Å². The molecule has 2 rings (SSSR count). The average Bonchev–Trinajstić information content (AvgIpc) is 2.70. The summed E-state index contributed by atoms with van der Waals surface area (Å²) in [5, 5.41) is 14.0. The van der Waals surface area contributed by atoms with Crippen LogP contribution >= 0.6 is 11.8 Å². The minimum absolute atomic E-state index is 0.0880. The first kappa shape index (κ1) is 20.9. The Morgan fingerprint density at radius 1 is 1.11 bits per heavy atom. The third kappa shape index (κ3) is 5.80. The Kier molecular flexibility index (Phi) is 7.82. The van der Waals surface area contributed by atoms with Gasteiger partial charge in [0.05, 0.1) is 4.92 Å². The normalized spacial score (nSPS) is 10.8. The van der Waals surface area contributed by atoms with Gasteiger partial charge in [-0.25, -0.2) is 0 Å². The minimum atomic E-state index is -0.527. The van der Waals surface area contributed by atoms with Gasteiger partial charge < -0.3 is 5.32 Å². The first-order valence-electron chi connectivity index (χ1n) is 8.89. The van der Waals surface area contributed by atoms with Gasteiger partial charge in [0, 0.05) is 24.1 Å². The van der Waals surface area contributed by atoms with Crippen LogP contribution in [0.3, 0.4) is 0 Å². The molecule has 1 N–H and O–H groups in total. The van der Waals surface area contributed by atoms with E-state index < -0.39 is 10.8 Å². The molecule has 27 heavy (non-hydrogen) atoms. The Labute approximate surface area is 164 Å². The second-order valence-corrected chi connectivity index (χ2v) is 6.98. The van der Waals surface area contributed by atoms with E-state index in [4.69, 9.17) is 0 Å². The number of nitrogens with zero attached hydrogens (tertiary/aromatic N) is 2. The Morgan fingerprint density at radius 3 is 2.30 bits per heavy atom. The predicted octanol–water partition coefficient (Wildman–Crippen LogP) is 4.09. The topological polar surface area (TPSA) is 75.5 Å². The Hall–Kier alpha value is -2.38. The zero-order chi connectivity index (χ0) is 19.8. The van der Waals surface area contributed by atoms with Crippen molar-refractivity contribution in [1.82, 2.24) is 10.2 Å². The van der Waals surface area contributed by atoms with Crippen LogP contribution in [0.25, 0.3) is 0 Å². The molecule has 7 heteroatoms. The van der Waals surface area contributed by atoms with Crippen LogP contribution in [-0.4, -0.2) is 35.1 Å². The van der Waals surface area contributed by atoms with Crippen molar-refractivity contribution in [2.75, 3.05) is 19.3 Å². The smallest absolute Gasteiger partial charge is 0.282 e. The summed E-state index contributed by atoms with van der Waals surface area (Å²) in [4.78, 5) is 26.3. The maximum absolute atomic E-state index is 12.5. The fourth-order valence-electron chi connectivity index (χ4n) is 2.73. The molecule has 0 saturated carbocycles. The van der Waals surface area contributed by atoms with Crippen molar-refractivity contribution >= 4 is 23.4 Å². The van der Waals surface area contributed by atoms with Gasteiger partial charge in [-0.1, -0.05) is 38.1 Å². The SMILES string of the molecule is CCN(CC)Cc1ccc(CNC(=O)c2cc(SC)ccc2[N+](=O)[O-])cc1. The zero-order valence-electron chi connectivity index (χ0n) is 15.9. The molecule has 6 nitrogen and oxygen atoms in total. The summed E-state index contributed by atoms with van der Waals surface area (Å²) >= 11 is 1.44. The van der Waals surface area contributed by atoms with E-state index in [2.05, 4.69) is 36.2 Å². The molecule has 144 valence electrons. The number of nitro benzene ring substituents is 1. The van der Waals surface area contributed by atoms with E-state index in [-0.39, 0.29) is 11.3 Å². The third-order valence-electron chi connectivity index (χ3n) is 4.42. The first-order valence-corrected chi connectivity index (χ1v) is 10.1. The van der Waals surface area contributed by atoms with Gasteiger partial charge in [-0.2, -0.15) is 0 Å². The number of nitrogens with one attached hydrogen (secondary N) is 1. The molecule has 2 aromatic carbocycles. The van der Waals surface area contributed by atoms with Crippen LogP contribution in [0.2, 0.25) is 0 Å². The first-order chi connectivity index (χ1) is 13.0. The van der Waals surface area contributed by atoms with Crippen LogP contribution in [0, 0.1) is 10.1 Å². The highest BCUT2D eigenvalue weighted by Gasteiger charge is 2.20. The van der Waals surface area contributed by atoms with E-state index in [1.807, 2.05) is 18.4 Å². The highest BCUT2D eigenvalue weighted by Crippen LogP contribution is 2.24. The molecule has 1 amide bonds. The molecule has 0 heterocycles. The molecule has 0 aliphatic carbocycles. The summed E-state index contributed by atoms with van der Waals surface area (Å²) in [7, 11) is 0. The molecule has 0 spiro atoms. The van der Waals surface area contributed by atoms with Crippen molar-refractivity contribution in [2.45, 2.75) is 31.8 Å². The van der Waals surface area contributed by atoms with Crippen LogP contribution in [0.5, 0.6) is 0 Å². The van der Waals surface area contributed by atoms with Gasteiger partial charge in [-0.05, 0) is 42.6 Å². The molecule has 0 aliphatic heterocycles. The zero-order valence-corrected chi connectivity index (χ0v) is 16.7. The number of carbonyl (C=O) groups excluding carboxylic acids is 1. The van der Waals surface area contributed by atoms with Crippen molar-refractivity contribution < 1.29 is 9.72 Å². The van der Waals surface area contributed by atoms with Gasteiger partial charge in [0.15, 0.2) is 0 Å². The van der Waals surface area contributed by atoms with Crippen molar-refractivity contribution in [3.05, 3.63) is 69.3 Å². The summed E-state index contributed by atoms with van der Waals surface area (Å²) in [5.41, 5.74) is 2.08. The Morgan fingerprint density at radius 2 is 1.74 bits per heavy atom. The van der Waals surface area contributed by atoms with E-state index in [0.717, 1.165) is 30.1 Å². The standard InChI is InChI=1S/C20H25N3O3S/c1-4-22(5-2)14-16-8-6-15(7-9-16)13-21-20(24)18-12-17(27-3)10-11-19(18)23(25)26/h6-12H,4-5,13-14H2,1-3H3,(H,21,24). The van der Waals surface area contributed by atoms with Gasteiger partial charge in [-0.15, -0.1) is 11.8 Å². The summed E-state index contributed by atoms with van der Waals surface area (Å²) in [6.45, 7) is 7.50. The summed E-state index contributed by atoms with van der Waals surface area (Å²) in [5.74, 6) is -0.440. The van der Waals surface area contributed by atoms with Gasteiger partial charge in [-0.3, -0.25) is 19.8 Å².